The van der Waals surface area contributed by atoms with E-state index in [-0.39, 0.29) is 5.41 Å². The molecule has 2 unspecified atom stereocenters. The fraction of sp³-hybridized carbons (Fsp3) is 0.857. The van der Waals surface area contributed by atoms with Crippen LogP contribution in [-0.4, -0.2) is 18.0 Å². The Hall–Kier alpha value is -0.630. The van der Waals surface area contributed by atoms with Crippen molar-refractivity contribution in [2.45, 2.75) is 111 Å². The highest BCUT2D eigenvalue weighted by molar-refractivity contribution is 5.81. The molecule has 1 aliphatic heterocycles. The molecule has 0 bridgehead atoms. The third kappa shape index (κ3) is 9.30. The number of unbranched alkanes of at least 4 members (excludes halogenated alkanes) is 6. The van der Waals surface area contributed by atoms with Gasteiger partial charge < -0.3 is 4.74 Å². The highest BCUT2D eigenvalue weighted by Crippen LogP contribution is 2.30. The number of hydrogen-bond donors (Lipinski definition) is 0. The minimum atomic E-state index is -0.127. The molecule has 0 aromatic heterocycles. The van der Waals surface area contributed by atoms with Crippen LogP contribution in [0.3, 0.4) is 0 Å². The number of allylic oxidation sites excluding steroid dienone is 1. The lowest BCUT2D eigenvalue weighted by atomic mass is 9.83. The van der Waals surface area contributed by atoms with Gasteiger partial charge in [0, 0.05) is 5.41 Å². The summed E-state index contributed by atoms with van der Waals surface area (Å²) in [4.78, 5) is 11.4. The van der Waals surface area contributed by atoms with Gasteiger partial charge in [-0.15, -0.1) is 0 Å². The first-order valence-corrected chi connectivity index (χ1v) is 9.79. The summed E-state index contributed by atoms with van der Waals surface area (Å²) in [6, 6.07) is 0. The third-order valence-corrected chi connectivity index (χ3v) is 5.19. The molecule has 1 fully saturated rings. The van der Waals surface area contributed by atoms with E-state index in [0.717, 1.165) is 12.8 Å². The van der Waals surface area contributed by atoms with Crippen molar-refractivity contribution in [2.75, 3.05) is 0 Å². The second-order valence-electron chi connectivity index (χ2n) is 7.81. The van der Waals surface area contributed by atoms with Gasteiger partial charge in [-0.1, -0.05) is 71.4 Å². The average molecular weight is 323 g/mol. The van der Waals surface area contributed by atoms with Crippen molar-refractivity contribution in [2.24, 2.45) is 5.41 Å². The standard InChI is InChI=1S/C21H38O2/c1-5-6-12-15-19-20(23-19)16-13-10-8-7-9-11-14-17-21(3,4)18(2)22/h10,13,19-20H,5-9,11-12,14-17H2,1-4H3/b13-10-. The maximum atomic E-state index is 11.4. The van der Waals surface area contributed by atoms with Gasteiger partial charge in [0.15, 0.2) is 0 Å². The number of Topliss-reactive ketones (excluding diaryl/α,β-unsaturated/α-hetero) is 1. The third-order valence-electron chi connectivity index (χ3n) is 5.19. The second-order valence-corrected chi connectivity index (χ2v) is 7.81. The van der Waals surface area contributed by atoms with Crippen molar-refractivity contribution in [3.8, 4) is 0 Å². The van der Waals surface area contributed by atoms with E-state index in [1.54, 1.807) is 6.92 Å². The van der Waals surface area contributed by atoms with Crippen LogP contribution in [0.15, 0.2) is 12.2 Å². The summed E-state index contributed by atoms with van der Waals surface area (Å²) in [7, 11) is 0. The molecule has 23 heavy (non-hydrogen) atoms. The number of rotatable bonds is 14. The van der Waals surface area contributed by atoms with Crippen LogP contribution < -0.4 is 0 Å². The van der Waals surface area contributed by atoms with Crippen molar-refractivity contribution in [3.63, 3.8) is 0 Å². The summed E-state index contributed by atoms with van der Waals surface area (Å²) in [6.07, 6.45) is 19.2. The molecule has 0 saturated carbocycles. The summed E-state index contributed by atoms with van der Waals surface area (Å²) < 4.78 is 5.70. The van der Waals surface area contributed by atoms with Gasteiger partial charge >= 0.3 is 0 Å². The van der Waals surface area contributed by atoms with Crippen molar-refractivity contribution in [1.29, 1.82) is 0 Å². The molecule has 0 radical (unpaired) electrons. The van der Waals surface area contributed by atoms with Gasteiger partial charge in [-0.25, -0.2) is 0 Å². The Morgan fingerprint density at radius 2 is 1.74 bits per heavy atom. The molecule has 0 amide bonds. The van der Waals surface area contributed by atoms with E-state index in [4.69, 9.17) is 4.74 Å². The van der Waals surface area contributed by atoms with Crippen LogP contribution in [0.2, 0.25) is 0 Å². The summed E-state index contributed by atoms with van der Waals surface area (Å²) in [5.41, 5.74) is -0.127. The lowest BCUT2D eigenvalue weighted by Gasteiger charge is -2.20. The maximum absolute atomic E-state index is 11.4. The molecular formula is C21H38O2. The predicted molar refractivity (Wildman–Crippen MR) is 98.7 cm³/mol. The van der Waals surface area contributed by atoms with E-state index in [9.17, 15) is 4.79 Å². The fourth-order valence-corrected chi connectivity index (χ4v) is 2.94. The Bertz CT molecular complexity index is 357. The SMILES string of the molecule is CCCCCC1OC1C/C=C\CCCCCCC(C)(C)C(C)=O. The van der Waals surface area contributed by atoms with Gasteiger partial charge in [0.05, 0.1) is 12.2 Å². The van der Waals surface area contributed by atoms with Crippen molar-refractivity contribution >= 4 is 5.78 Å². The molecule has 1 aliphatic rings. The molecule has 0 aliphatic carbocycles. The number of hydrogen-bond acceptors (Lipinski definition) is 2. The van der Waals surface area contributed by atoms with Gasteiger partial charge in [-0.3, -0.25) is 4.79 Å². The molecular weight excluding hydrogens is 284 g/mol. The van der Waals surface area contributed by atoms with Gasteiger partial charge in [0.2, 0.25) is 0 Å². The Morgan fingerprint density at radius 3 is 2.43 bits per heavy atom. The lowest BCUT2D eigenvalue weighted by Crippen LogP contribution is -2.20. The predicted octanol–water partition coefficient (Wildman–Crippen LogP) is 6.24. The summed E-state index contributed by atoms with van der Waals surface area (Å²) in [5, 5.41) is 0. The van der Waals surface area contributed by atoms with E-state index in [0.29, 0.717) is 18.0 Å². The van der Waals surface area contributed by atoms with Crippen LogP contribution in [0.5, 0.6) is 0 Å². The fourth-order valence-electron chi connectivity index (χ4n) is 2.94. The molecule has 0 spiro atoms. The smallest absolute Gasteiger partial charge is 0.135 e. The zero-order valence-corrected chi connectivity index (χ0v) is 15.9. The molecule has 0 N–H and O–H groups in total. The van der Waals surface area contributed by atoms with E-state index < -0.39 is 0 Å². The topological polar surface area (TPSA) is 29.6 Å². The Kier molecular flexibility index (Phi) is 9.78. The van der Waals surface area contributed by atoms with Crippen molar-refractivity contribution in [3.05, 3.63) is 12.2 Å². The highest BCUT2D eigenvalue weighted by Gasteiger charge is 2.36. The minimum Gasteiger partial charge on any atom is -0.369 e. The minimum absolute atomic E-state index is 0.127. The zero-order valence-electron chi connectivity index (χ0n) is 15.9. The molecule has 1 saturated heterocycles. The normalized spacial score (nSPS) is 21.0. The maximum Gasteiger partial charge on any atom is 0.135 e. The molecule has 0 aromatic carbocycles. The Balaban J connectivity index is 1.89. The highest BCUT2D eigenvalue weighted by atomic mass is 16.6. The van der Waals surface area contributed by atoms with Gasteiger partial charge in [0.25, 0.3) is 0 Å². The molecule has 2 nitrogen and oxygen atoms in total. The molecule has 2 atom stereocenters. The van der Waals surface area contributed by atoms with Crippen LogP contribution >= 0.6 is 0 Å². The quantitative estimate of drug-likeness (QED) is 0.215. The Labute approximate surface area is 144 Å². The summed E-state index contributed by atoms with van der Waals surface area (Å²) in [6.45, 7) is 8.09. The van der Waals surface area contributed by atoms with Crippen LogP contribution in [0.1, 0.15) is 98.3 Å². The van der Waals surface area contributed by atoms with Gasteiger partial charge in [-0.05, 0) is 39.0 Å². The average Bonchev–Trinajstić information content (AvgIpc) is 3.24. The molecule has 0 aromatic rings. The molecule has 134 valence electrons. The number of carbonyl (C=O) groups is 1. The van der Waals surface area contributed by atoms with Gasteiger partial charge in [-0.2, -0.15) is 0 Å². The van der Waals surface area contributed by atoms with Gasteiger partial charge in [0.1, 0.15) is 5.78 Å². The molecule has 1 rings (SSSR count). The second kappa shape index (κ2) is 11.0. The number of carbonyl (C=O) groups excluding carboxylic acids is 1. The Morgan fingerprint density at radius 1 is 1.00 bits per heavy atom. The number of ether oxygens (including phenoxy) is 1. The first kappa shape index (κ1) is 20.4. The summed E-state index contributed by atoms with van der Waals surface area (Å²) in [5.74, 6) is 0.315. The van der Waals surface area contributed by atoms with E-state index >= 15 is 0 Å². The lowest BCUT2D eigenvalue weighted by molar-refractivity contribution is -0.125. The first-order chi connectivity index (χ1) is 11.0. The number of epoxide rings is 1. The summed E-state index contributed by atoms with van der Waals surface area (Å²) >= 11 is 0. The largest absolute Gasteiger partial charge is 0.369 e. The van der Waals surface area contributed by atoms with Crippen LogP contribution in [0.4, 0.5) is 0 Å². The van der Waals surface area contributed by atoms with Crippen LogP contribution in [0.25, 0.3) is 0 Å². The zero-order chi connectivity index (χ0) is 17.1. The van der Waals surface area contributed by atoms with E-state index in [2.05, 4.69) is 32.9 Å². The number of ketones is 1. The van der Waals surface area contributed by atoms with E-state index in [1.807, 2.05) is 0 Å². The van der Waals surface area contributed by atoms with Crippen LogP contribution in [-0.2, 0) is 9.53 Å². The van der Waals surface area contributed by atoms with Crippen LogP contribution in [0, 0.1) is 5.41 Å². The molecule has 1 heterocycles. The molecule has 2 heteroatoms. The van der Waals surface area contributed by atoms with Crippen molar-refractivity contribution in [1.82, 2.24) is 0 Å². The van der Waals surface area contributed by atoms with Crippen molar-refractivity contribution < 1.29 is 9.53 Å². The van der Waals surface area contributed by atoms with E-state index in [1.165, 1.54) is 57.8 Å². The monoisotopic (exact) mass is 322 g/mol. The first-order valence-electron chi connectivity index (χ1n) is 9.79.